The number of benzene rings is 1. The van der Waals surface area contributed by atoms with Gasteiger partial charge in [0.05, 0.1) is 32.5 Å². The van der Waals surface area contributed by atoms with Crippen LogP contribution in [0.5, 0.6) is 0 Å². The van der Waals surface area contributed by atoms with Crippen LogP contribution >= 0.6 is 46.5 Å². The van der Waals surface area contributed by atoms with E-state index in [1.54, 1.807) is 0 Å². The molecule has 13 heavy (non-hydrogen) atoms. The zero-order chi connectivity index (χ0) is 9.59. The fourth-order valence-corrected chi connectivity index (χ4v) is 2.27. The maximum atomic E-state index is 5.88. The van der Waals surface area contributed by atoms with Crippen LogP contribution in [-0.4, -0.2) is 8.75 Å². The molecule has 0 amide bonds. The third-order valence-corrected chi connectivity index (χ3v) is 3.34. The quantitative estimate of drug-likeness (QED) is 0.580. The van der Waals surface area contributed by atoms with Crippen LogP contribution in [0, 0.1) is 0 Å². The highest BCUT2D eigenvalue weighted by molar-refractivity contribution is 7.00. The number of aromatic nitrogens is 2. The van der Waals surface area contributed by atoms with Gasteiger partial charge < -0.3 is 5.73 Å². The monoisotopic (exact) mass is 253 g/mol. The molecule has 0 radical (unpaired) electrons. The van der Waals surface area contributed by atoms with Gasteiger partial charge in [0.2, 0.25) is 0 Å². The average Bonchev–Trinajstić information content (AvgIpc) is 2.59. The van der Waals surface area contributed by atoms with Crippen molar-refractivity contribution in [2.75, 3.05) is 5.73 Å². The minimum absolute atomic E-state index is 0.229. The van der Waals surface area contributed by atoms with Gasteiger partial charge in [-0.25, -0.2) is 0 Å². The van der Waals surface area contributed by atoms with Crippen LogP contribution in [0.3, 0.4) is 0 Å². The minimum atomic E-state index is 0.229. The van der Waals surface area contributed by atoms with Gasteiger partial charge in [0.1, 0.15) is 11.0 Å². The molecule has 0 unspecified atom stereocenters. The van der Waals surface area contributed by atoms with Crippen LogP contribution in [0.1, 0.15) is 0 Å². The standard InChI is InChI=1S/C6H2Cl3N3S/c7-1-2(8)5-6(12-13-11-5)3(9)4(1)10/h10H2. The molecule has 0 spiro atoms. The van der Waals surface area contributed by atoms with Crippen molar-refractivity contribution in [1.82, 2.24) is 8.75 Å². The summed E-state index contributed by atoms with van der Waals surface area (Å²) >= 11 is 18.6. The maximum Gasteiger partial charge on any atom is 0.127 e. The number of nitrogens with zero attached hydrogens (tertiary/aromatic N) is 2. The lowest BCUT2D eigenvalue weighted by Gasteiger charge is -2.02. The molecule has 0 aliphatic rings. The van der Waals surface area contributed by atoms with Gasteiger partial charge in [-0.3, -0.25) is 0 Å². The van der Waals surface area contributed by atoms with Crippen LogP contribution in [-0.2, 0) is 0 Å². The van der Waals surface area contributed by atoms with Gasteiger partial charge in [-0.05, 0) is 0 Å². The maximum absolute atomic E-state index is 5.88. The fourth-order valence-electron chi connectivity index (χ4n) is 0.923. The molecular weight excluding hydrogens is 253 g/mol. The van der Waals surface area contributed by atoms with Gasteiger partial charge in [0, 0.05) is 0 Å². The van der Waals surface area contributed by atoms with Gasteiger partial charge in [-0.1, -0.05) is 34.8 Å². The molecule has 68 valence electrons. The Morgan fingerprint density at radius 3 is 2.08 bits per heavy atom. The summed E-state index contributed by atoms with van der Waals surface area (Å²) < 4.78 is 7.91. The first-order valence-electron chi connectivity index (χ1n) is 3.17. The van der Waals surface area contributed by atoms with Crippen molar-refractivity contribution in [1.29, 1.82) is 0 Å². The molecule has 0 atom stereocenters. The highest BCUT2D eigenvalue weighted by Gasteiger charge is 2.16. The van der Waals surface area contributed by atoms with Crippen molar-refractivity contribution in [2.45, 2.75) is 0 Å². The van der Waals surface area contributed by atoms with E-state index in [0.717, 1.165) is 11.7 Å². The molecule has 0 aliphatic carbocycles. The number of nitrogens with two attached hydrogens (primary N) is 1. The van der Waals surface area contributed by atoms with E-state index >= 15 is 0 Å². The van der Waals surface area contributed by atoms with E-state index < -0.39 is 0 Å². The van der Waals surface area contributed by atoms with Crippen molar-refractivity contribution < 1.29 is 0 Å². The van der Waals surface area contributed by atoms with Crippen molar-refractivity contribution >= 4 is 63.3 Å². The summed E-state index contributed by atoms with van der Waals surface area (Å²) in [5.41, 5.74) is 6.84. The summed E-state index contributed by atoms with van der Waals surface area (Å²) in [6.45, 7) is 0. The molecule has 2 rings (SSSR count). The van der Waals surface area contributed by atoms with E-state index in [0.29, 0.717) is 21.1 Å². The number of anilines is 1. The van der Waals surface area contributed by atoms with E-state index in [4.69, 9.17) is 40.5 Å². The molecule has 0 aliphatic heterocycles. The molecule has 1 aromatic heterocycles. The Hall–Kier alpha value is -0.290. The second-order valence-electron chi connectivity index (χ2n) is 2.32. The van der Waals surface area contributed by atoms with E-state index in [-0.39, 0.29) is 10.7 Å². The molecule has 7 heteroatoms. The first kappa shape index (κ1) is 9.27. The molecule has 0 saturated carbocycles. The Labute approximate surface area is 92.7 Å². The van der Waals surface area contributed by atoms with E-state index in [1.807, 2.05) is 0 Å². The minimum Gasteiger partial charge on any atom is -0.396 e. The lowest BCUT2D eigenvalue weighted by Crippen LogP contribution is -1.90. The van der Waals surface area contributed by atoms with Crippen LogP contribution in [0.4, 0.5) is 5.69 Å². The number of hydrogen-bond donors (Lipinski definition) is 1. The van der Waals surface area contributed by atoms with Crippen LogP contribution < -0.4 is 5.73 Å². The molecule has 1 heterocycles. The molecular formula is C6H2Cl3N3S. The summed E-state index contributed by atoms with van der Waals surface area (Å²) in [7, 11) is 0. The lowest BCUT2D eigenvalue weighted by atomic mass is 10.3. The van der Waals surface area contributed by atoms with Crippen LogP contribution in [0.2, 0.25) is 15.1 Å². The van der Waals surface area contributed by atoms with Gasteiger partial charge in [0.15, 0.2) is 0 Å². The molecule has 1 aromatic carbocycles. The van der Waals surface area contributed by atoms with Crippen molar-refractivity contribution in [2.24, 2.45) is 0 Å². The molecule has 0 fully saturated rings. The number of hydrogen-bond acceptors (Lipinski definition) is 4. The van der Waals surface area contributed by atoms with Gasteiger partial charge >= 0.3 is 0 Å². The molecule has 2 aromatic rings. The number of nitrogen functional groups attached to an aromatic ring is 1. The molecule has 0 bridgehead atoms. The highest BCUT2D eigenvalue weighted by Crippen LogP contribution is 2.40. The molecule has 3 nitrogen and oxygen atoms in total. The zero-order valence-electron chi connectivity index (χ0n) is 6.01. The largest absolute Gasteiger partial charge is 0.396 e. The summed E-state index contributed by atoms with van der Waals surface area (Å²) in [6, 6.07) is 0. The first-order valence-corrected chi connectivity index (χ1v) is 5.03. The van der Waals surface area contributed by atoms with Crippen LogP contribution in [0.25, 0.3) is 11.0 Å². The van der Waals surface area contributed by atoms with Crippen molar-refractivity contribution in [3.05, 3.63) is 15.1 Å². The topological polar surface area (TPSA) is 51.8 Å². The third kappa shape index (κ3) is 1.25. The molecule has 2 N–H and O–H groups in total. The summed E-state index contributed by atoms with van der Waals surface area (Å²) in [5.74, 6) is 0. The lowest BCUT2D eigenvalue weighted by molar-refractivity contribution is 1.63. The predicted molar refractivity (Wildman–Crippen MR) is 56.9 cm³/mol. The van der Waals surface area contributed by atoms with E-state index in [9.17, 15) is 0 Å². The average molecular weight is 255 g/mol. The summed E-state index contributed by atoms with van der Waals surface area (Å²) in [4.78, 5) is 0. The summed E-state index contributed by atoms with van der Waals surface area (Å²) in [6.07, 6.45) is 0. The van der Waals surface area contributed by atoms with Crippen LogP contribution in [0.15, 0.2) is 0 Å². The Balaban J connectivity index is 3.02. The Morgan fingerprint density at radius 2 is 1.46 bits per heavy atom. The second kappa shape index (κ2) is 3.13. The second-order valence-corrected chi connectivity index (χ2v) is 3.98. The number of halogens is 3. The Bertz CT molecular complexity index is 439. The van der Waals surface area contributed by atoms with Gasteiger partial charge in [0.25, 0.3) is 0 Å². The molecule has 0 saturated heterocycles. The predicted octanol–water partition coefficient (Wildman–Crippen LogP) is 3.23. The van der Waals surface area contributed by atoms with E-state index in [1.165, 1.54) is 0 Å². The van der Waals surface area contributed by atoms with E-state index in [2.05, 4.69) is 8.75 Å². The number of rotatable bonds is 0. The van der Waals surface area contributed by atoms with Crippen molar-refractivity contribution in [3.8, 4) is 0 Å². The normalized spacial score (nSPS) is 11.0. The van der Waals surface area contributed by atoms with Crippen molar-refractivity contribution in [3.63, 3.8) is 0 Å². The Kier molecular flexibility index (Phi) is 2.23. The zero-order valence-corrected chi connectivity index (χ0v) is 9.10. The summed E-state index contributed by atoms with van der Waals surface area (Å²) in [5, 5.41) is 0.831. The highest BCUT2D eigenvalue weighted by atomic mass is 35.5. The first-order chi connectivity index (χ1) is 6.13. The van der Waals surface area contributed by atoms with Gasteiger partial charge in [-0.2, -0.15) is 8.75 Å². The van der Waals surface area contributed by atoms with Gasteiger partial charge in [-0.15, -0.1) is 0 Å². The third-order valence-electron chi connectivity index (χ3n) is 1.57. The smallest absolute Gasteiger partial charge is 0.127 e. The fraction of sp³-hybridized carbons (Fsp3) is 0. The Morgan fingerprint density at radius 1 is 0.923 bits per heavy atom. The number of fused-ring (bicyclic) bond motifs is 1. The SMILES string of the molecule is Nc1c(Cl)c(Cl)c2nsnc2c1Cl.